The first-order valence-electron chi connectivity index (χ1n) is 8.58. The molecule has 3 fully saturated rings. The van der Waals surface area contributed by atoms with Crippen LogP contribution in [0.1, 0.15) is 77.6 Å². The molecule has 2 heterocycles. The van der Waals surface area contributed by atoms with Gasteiger partial charge in [0.1, 0.15) is 5.78 Å². The Morgan fingerprint density at radius 1 is 1.00 bits per heavy atom. The topological polar surface area (TPSA) is 20.3 Å². The van der Waals surface area contributed by atoms with E-state index in [1.165, 1.54) is 57.8 Å². The largest absolute Gasteiger partial charge is 0.300 e. The van der Waals surface area contributed by atoms with Crippen LogP contribution in [0.5, 0.6) is 0 Å². The number of piperidine rings is 2. The van der Waals surface area contributed by atoms with Crippen molar-refractivity contribution in [2.24, 2.45) is 5.92 Å². The third-order valence-corrected chi connectivity index (χ3v) is 5.84. The predicted octanol–water partition coefficient (Wildman–Crippen LogP) is 3.93. The second kappa shape index (κ2) is 5.95. The van der Waals surface area contributed by atoms with Crippen LogP contribution in [0.3, 0.4) is 0 Å². The number of Topliss-reactive ketones (excluding diaryl/α,β-unsaturated/α-hetero) is 1. The summed E-state index contributed by atoms with van der Waals surface area (Å²) in [5.74, 6) is 1.44. The molecule has 0 radical (unpaired) electrons. The zero-order valence-corrected chi connectivity index (χ0v) is 12.4. The summed E-state index contributed by atoms with van der Waals surface area (Å²) in [6.07, 6.45) is 14.0. The van der Waals surface area contributed by atoms with Crippen LogP contribution < -0.4 is 0 Å². The van der Waals surface area contributed by atoms with Gasteiger partial charge in [-0.15, -0.1) is 0 Å². The fourth-order valence-corrected chi connectivity index (χ4v) is 5.06. The van der Waals surface area contributed by atoms with Gasteiger partial charge in [0.15, 0.2) is 0 Å². The van der Waals surface area contributed by atoms with Gasteiger partial charge in [-0.1, -0.05) is 32.6 Å². The first kappa shape index (κ1) is 13.6. The van der Waals surface area contributed by atoms with Gasteiger partial charge in [-0.2, -0.15) is 0 Å². The molecule has 0 aromatic carbocycles. The third-order valence-electron chi connectivity index (χ3n) is 5.84. The molecule has 19 heavy (non-hydrogen) atoms. The van der Waals surface area contributed by atoms with Crippen molar-refractivity contribution >= 4 is 5.78 Å². The van der Waals surface area contributed by atoms with Gasteiger partial charge in [0, 0.05) is 31.0 Å². The predicted molar refractivity (Wildman–Crippen MR) is 78.2 cm³/mol. The quantitative estimate of drug-likeness (QED) is 0.769. The number of hydrogen-bond acceptors (Lipinski definition) is 2. The third kappa shape index (κ3) is 2.74. The number of hydrogen-bond donors (Lipinski definition) is 0. The maximum absolute atomic E-state index is 11.9. The summed E-state index contributed by atoms with van der Waals surface area (Å²) in [4.78, 5) is 14.7. The molecule has 2 saturated heterocycles. The van der Waals surface area contributed by atoms with Gasteiger partial charge in [0.25, 0.3) is 0 Å². The van der Waals surface area contributed by atoms with Gasteiger partial charge in [0.05, 0.1) is 0 Å². The Kier molecular flexibility index (Phi) is 4.26. The van der Waals surface area contributed by atoms with E-state index in [9.17, 15) is 4.79 Å². The van der Waals surface area contributed by atoms with E-state index in [4.69, 9.17) is 0 Å². The number of carbonyl (C=O) groups excluding carboxylic acids is 1. The summed E-state index contributed by atoms with van der Waals surface area (Å²) in [5, 5.41) is 0. The molecule has 0 N–H and O–H groups in total. The molecule has 3 rings (SSSR count). The van der Waals surface area contributed by atoms with Gasteiger partial charge < -0.3 is 0 Å². The van der Waals surface area contributed by atoms with Crippen molar-refractivity contribution in [3.63, 3.8) is 0 Å². The van der Waals surface area contributed by atoms with Gasteiger partial charge in [-0.25, -0.2) is 0 Å². The van der Waals surface area contributed by atoms with E-state index in [-0.39, 0.29) is 0 Å². The van der Waals surface area contributed by atoms with E-state index in [1.54, 1.807) is 0 Å². The summed E-state index contributed by atoms with van der Waals surface area (Å²) in [6, 6.07) is 1.95. The smallest absolute Gasteiger partial charge is 0.136 e. The minimum atomic E-state index is 0.532. The number of carbonyl (C=O) groups is 1. The molecule has 3 aliphatic rings. The molecule has 1 aliphatic carbocycles. The Balaban J connectivity index is 1.75. The maximum atomic E-state index is 11.9. The molecular formula is C17H29NO. The van der Waals surface area contributed by atoms with E-state index < -0.39 is 0 Å². The number of nitrogens with zero attached hydrogens (tertiary/aromatic N) is 1. The summed E-state index contributed by atoms with van der Waals surface area (Å²) in [6.45, 7) is 2.37. The van der Waals surface area contributed by atoms with Crippen LogP contribution in [0.4, 0.5) is 0 Å². The van der Waals surface area contributed by atoms with E-state index >= 15 is 0 Å². The second-order valence-electron chi connectivity index (χ2n) is 7.01. The van der Waals surface area contributed by atoms with Crippen molar-refractivity contribution in [2.45, 2.75) is 95.7 Å². The summed E-state index contributed by atoms with van der Waals surface area (Å²) >= 11 is 0. The summed E-state index contributed by atoms with van der Waals surface area (Å²) in [7, 11) is 0. The average molecular weight is 263 g/mol. The van der Waals surface area contributed by atoms with Crippen molar-refractivity contribution < 1.29 is 4.79 Å². The van der Waals surface area contributed by atoms with Crippen molar-refractivity contribution in [1.29, 1.82) is 0 Å². The number of fused-ring (bicyclic) bond motifs is 2. The highest BCUT2D eigenvalue weighted by Crippen LogP contribution is 2.39. The lowest BCUT2D eigenvalue weighted by Gasteiger charge is -2.52. The lowest BCUT2D eigenvalue weighted by molar-refractivity contribution is -0.130. The molecular weight excluding hydrogens is 234 g/mol. The lowest BCUT2D eigenvalue weighted by Crippen LogP contribution is -2.58. The number of rotatable bonds is 3. The molecule has 3 atom stereocenters. The summed E-state index contributed by atoms with van der Waals surface area (Å²) < 4.78 is 0. The van der Waals surface area contributed by atoms with Gasteiger partial charge in [-0.05, 0) is 38.0 Å². The normalized spacial score (nSPS) is 35.3. The summed E-state index contributed by atoms with van der Waals surface area (Å²) in [5.41, 5.74) is 0. The van der Waals surface area contributed by atoms with Crippen molar-refractivity contribution in [2.75, 3.05) is 0 Å². The van der Waals surface area contributed by atoms with Crippen LogP contribution in [0.15, 0.2) is 0 Å². The molecule has 2 aliphatic heterocycles. The first-order chi connectivity index (χ1) is 9.29. The average Bonchev–Trinajstić information content (AvgIpc) is 2.41. The molecule has 3 unspecified atom stereocenters. The van der Waals surface area contributed by atoms with Crippen LogP contribution in [-0.4, -0.2) is 28.8 Å². The number of ketones is 1. The van der Waals surface area contributed by atoms with Gasteiger partial charge in [-0.3, -0.25) is 9.69 Å². The fraction of sp³-hybridized carbons (Fsp3) is 0.941. The van der Waals surface area contributed by atoms with Crippen LogP contribution in [0.25, 0.3) is 0 Å². The standard InChI is InChI=1S/C17H29NO/c1-2-17(13-7-4-3-5-8-13)18-14-9-6-10-15(18)12-16(19)11-14/h13-15,17H,2-12H2,1H3. The zero-order chi connectivity index (χ0) is 13.2. The second-order valence-corrected chi connectivity index (χ2v) is 7.01. The Hall–Kier alpha value is -0.370. The van der Waals surface area contributed by atoms with Gasteiger partial charge >= 0.3 is 0 Å². The van der Waals surface area contributed by atoms with E-state index in [0.717, 1.165) is 24.8 Å². The fourth-order valence-electron chi connectivity index (χ4n) is 5.06. The Labute approximate surface area is 117 Å². The molecule has 2 nitrogen and oxygen atoms in total. The Bertz CT molecular complexity index is 305. The van der Waals surface area contributed by atoms with Crippen LogP contribution in [0, 0.1) is 5.92 Å². The Morgan fingerprint density at radius 3 is 2.21 bits per heavy atom. The van der Waals surface area contributed by atoms with Crippen molar-refractivity contribution in [3.05, 3.63) is 0 Å². The molecule has 2 bridgehead atoms. The first-order valence-corrected chi connectivity index (χ1v) is 8.58. The van der Waals surface area contributed by atoms with Crippen molar-refractivity contribution in [1.82, 2.24) is 4.90 Å². The zero-order valence-electron chi connectivity index (χ0n) is 12.4. The molecule has 0 spiro atoms. The molecule has 0 aromatic rings. The molecule has 2 heteroatoms. The van der Waals surface area contributed by atoms with E-state index in [0.29, 0.717) is 17.9 Å². The highest BCUT2D eigenvalue weighted by molar-refractivity contribution is 5.80. The molecule has 0 amide bonds. The maximum Gasteiger partial charge on any atom is 0.136 e. The van der Waals surface area contributed by atoms with E-state index in [2.05, 4.69) is 11.8 Å². The monoisotopic (exact) mass is 263 g/mol. The SMILES string of the molecule is CCC(C1CCCCC1)N1C2CCCC1CC(=O)C2. The van der Waals surface area contributed by atoms with Crippen molar-refractivity contribution in [3.8, 4) is 0 Å². The van der Waals surface area contributed by atoms with Crippen LogP contribution in [0.2, 0.25) is 0 Å². The van der Waals surface area contributed by atoms with E-state index in [1.807, 2.05) is 0 Å². The Morgan fingerprint density at radius 2 is 1.63 bits per heavy atom. The molecule has 108 valence electrons. The highest BCUT2D eigenvalue weighted by atomic mass is 16.1. The highest BCUT2D eigenvalue weighted by Gasteiger charge is 2.42. The molecule has 0 aromatic heterocycles. The van der Waals surface area contributed by atoms with Gasteiger partial charge in [0.2, 0.25) is 0 Å². The van der Waals surface area contributed by atoms with Crippen LogP contribution >= 0.6 is 0 Å². The lowest BCUT2D eigenvalue weighted by atomic mass is 9.76. The minimum Gasteiger partial charge on any atom is -0.300 e. The molecule has 1 saturated carbocycles. The van der Waals surface area contributed by atoms with Crippen LogP contribution in [-0.2, 0) is 4.79 Å². The minimum absolute atomic E-state index is 0.532.